The third-order valence-corrected chi connectivity index (χ3v) is 3.60. The van der Waals surface area contributed by atoms with Gasteiger partial charge in [-0.25, -0.2) is 9.97 Å². The molecular weight excluding hydrogens is 318 g/mol. The molecule has 25 heavy (non-hydrogen) atoms. The number of carbonyl (C=O) groups is 1. The van der Waals surface area contributed by atoms with Gasteiger partial charge in [0.1, 0.15) is 11.5 Å². The molecule has 0 aliphatic heterocycles. The van der Waals surface area contributed by atoms with Gasteiger partial charge in [-0.15, -0.1) is 0 Å². The lowest BCUT2D eigenvalue weighted by atomic mass is 10.1. The van der Waals surface area contributed by atoms with Gasteiger partial charge < -0.3 is 15.2 Å². The van der Waals surface area contributed by atoms with Gasteiger partial charge in [-0.3, -0.25) is 4.79 Å². The Bertz CT molecular complexity index is 933. The van der Waals surface area contributed by atoms with Gasteiger partial charge in [-0.05, 0) is 51.0 Å². The molecule has 0 unspecified atom stereocenters. The minimum Gasteiger partial charge on any atom is -0.360 e. The molecule has 0 spiro atoms. The Morgan fingerprint density at radius 3 is 2.56 bits per heavy atom. The normalized spacial score (nSPS) is 10.6. The number of aromatic nitrogens is 3. The molecular formula is C18H19N5O2. The first-order valence-corrected chi connectivity index (χ1v) is 7.85. The molecule has 0 radical (unpaired) electrons. The van der Waals surface area contributed by atoms with Gasteiger partial charge in [0.15, 0.2) is 5.82 Å². The molecule has 0 saturated heterocycles. The largest absolute Gasteiger partial charge is 0.360 e. The van der Waals surface area contributed by atoms with Crippen LogP contribution in [0.1, 0.15) is 33.1 Å². The van der Waals surface area contributed by atoms with E-state index in [9.17, 15) is 4.79 Å². The molecule has 3 aromatic rings. The van der Waals surface area contributed by atoms with Crippen molar-refractivity contribution in [1.29, 1.82) is 0 Å². The van der Waals surface area contributed by atoms with Gasteiger partial charge in [0.05, 0.1) is 0 Å². The molecule has 0 fully saturated rings. The first-order valence-electron chi connectivity index (χ1n) is 7.85. The summed E-state index contributed by atoms with van der Waals surface area (Å²) in [6.45, 7) is 7.58. The summed E-state index contributed by atoms with van der Waals surface area (Å²) >= 11 is 0. The second-order valence-corrected chi connectivity index (χ2v) is 5.94. The SMILES string of the molecule is Cc1ccc(C)c(Nc2nc(C)cc(C(=O)Nc3cc(C)on3)n2)c1. The Morgan fingerprint density at radius 1 is 1.04 bits per heavy atom. The molecule has 2 heterocycles. The van der Waals surface area contributed by atoms with Crippen molar-refractivity contribution in [2.75, 3.05) is 10.6 Å². The zero-order valence-corrected chi connectivity index (χ0v) is 14.5. The summed E-state index contributed by atoms with van der Waals surface area (Å²) in [6, 6.07) is 9.33. The smallest absolute Gasteiger partial charge is 0.275 e. The zero-order valence-electron chi connectivity index (χ0n) is 14.5. The highest BCUT2D eigenvalue weighted by Crippen LogP contribution is 2.20. The highest BCUT2D eigenvalue weighted by Gasteiger charge is 2.13. The summed E-state index contributed by atoms with van der Waals surface area (Å²) in [7, 11) is 0. The fraction of sp³-hybridized carbons (Fsp3) is 0.222. The van der Waals surface area contributed by atoms with Crippen LogP contribution in [-0.2, 0) is 0 Å². The van der Waals surface area contributed by atoms with Crippen molar-refractivity contribution in [2.45, 2.75) is 27.7 Å². The van der Waals surface area contributed by atoms with E-state index >= 15 is 0 Å². The van der Waals surface area contributed by atoms with Crippen LogP contribution < -0.4 is 10.6 Å². The average molecular weight is 337 g/mol. The summed E-state index contributed by atoms with van der Waals surface area (Å²) < 4.78 is 4.94. The summed E-state index contributed by atoms with van der Waals surface area (Å²) in [5, 5.41) is 9.59. The van der Waals surface area contributed by atoms with Gasteiger partial charge in [0, 0.05) is 17.4 Å². The molecule has 0 aliphatic rings. The summed E-state index contributed by atoms with van der Waals surface area (Å²) in [4.78, 5) is 21.1. The number of aryl methyl sites for hydroxylation is 4. The molecule has 3 rings (SSSR count). The summed E-state index contributed by atoms with van der Waals surface area (Å²) in [6.07, 6.45) is 0. The van der Waals surface area contributed by atoms with Crippen LogP contribution in [0.3, 0.4) is 0 Å². The highest BCUT2D eigenvalue weighted by atomic mass is 16.5. The fourth-order valence-corrected chi connectivity index (χ4v) is 2.34. The van der Waals surface area contributed by atoms with Crippen molar-refractivity contribution in [1.82, 2.24) is 15.1 Å². The average Bonchev–Trinajstić information content (AvgIpc) is 2.95. The fourth-order valence-electron chi connectivity index (χ4n) is 2.34. The van der Waals surface area contributed by atoms with Crippen LogP contribution in [0.4, 0.5) is 17.5 Å². The van der Waals surface area contributed by atoms with E-state index in [0.29, 0.717) is 23.2 Å². The lowest BCUT2D eigenvalue weighted by Gasteiger charge is -2.11. The number of nitrogens with zero attached hydrogens (tertiary/aromatic N) is 3. The summed E-state index contributed by atoms with van der Waals surface area (Å²) in [5.74, 6) is 0.965. The molecule has 1 amide bonds. The van der Waals surface area contributed by atoms with Crippen LogP contribution in [0, 0.1) is 27.7 Å². The van der Waals surface area contributed by atoms with Crippen LogP contribution in [0.2, 0.25) is 0 Å². The van der Waals surface area contributed by atoms with Gasteiger partial charge in [0.2, 0.25) is 5.95 Å². The number of nitrogens with one attached hydrogen (secondary N) is 2. The Labute approximate surface area is 145 Å². The van der Waals surface area contributed by atoms with Crippen molar-refractivity contribution in [3.05, 3.63) is 58.6 Å². The highest BCUT2D eigenvalue weighted by molar-refractivity contribution is 6.02. The molecule has 0 atom stereocenters. The Kier molecular flexibility index (Phi) is 4.47. The molecule has 1 aromatic carbocycles. The predicted molar refractivity (Wildman–Crippen MR) is 95.2 cm³/mol. The number of hydrogen-bond donors (Lipinski definition) is 2. The van der Waals surface area contributed by atoms with E-state index in [1.54, 1.807) is 19.1 Å². The van der Waals surface area contributed by atoms with E-state index < -0.39 is 0 Å². The van der Waals surface area contributed by atoms with E-state index in [4.69, 9.17) is 4.52 Å². The van der Waals surface area contributed by atoms with Crippen LogP contribution in [0.15, 0.2) is 34.9 Å². The zero-order chi connectivity index (χ0) is 18.0. The molecule has 7 nitrogen and oxygen atoms in total. The lowest BCUT2D eigenvalue weighted by molar-refractivity contribution is 0.102. The molecule has 2 aromatic heterocycles. The molecule has 128 valence electrons. The van der Waals surface area contributed by atoms with Gasteiger partial charge in [0.25, 0.3) is 5.91 Å². The van der Waals surface area contributed by atoms with Crippen molar-refractivity contribution < 1.29 is 9.32 Å². The monoisotopic (exact) mass is 337 g/mol. The number of carbonyl (C=O) groups excluding carboxylic acids is 1. The molecule has 0 saturated carbocycles. The van der Waals surface area contributed by atoms with Crippen LogP contribution in [-0.4, -0.2) is 21.0 Å². The maximum atomic E-state index is 12.4. The van der Waals surface area contributed by atoms with Gasteiger partial charge in [-0.1, -0.05) is 17.3 Å². The lowest BCUT2D eigenvalue weighted by Crippen LogP contribution is -2.15. The number of anilines is 3. The first-order chi connectivity index (χ1) is 11.9. The third-order valence-electron chi connectivity index (χ3n) is 3.60. The standard InChI is InChI=1S/C18H19N5O2/c1-10-5-6-11(2)14(7-10)20-18-19-12(3)8-15(21-18)17(24)22-16-9-13(4)25-23-16/h5-9H,1-4H3,(H,19,20,21)(H,22,23,24). The van der Waals surface area contributed by atoms with E-state index in [-0.39, 0.29) is 11.6 Å². The van der Waals surface area contributed by atoms with Crippen molar-refractivity contribution in [3.63, 3.8) is 0 Å². The quantitative estimate of drug-likeness (QED) is 0.754. The second-order valence-electron chi connectivity index (χ2n) is 5.94. The predicted octanol–water partition coefficient (Wildman–Crippen LogP) is 3.69. The minimum atomic E-state index is -0.372. The van der Waals surface area contributed by atoms with Crippen molar-refractivity contribution in [2.24, 2.45) is 0 Å². The van der Waals surface area contributed by atoms with Crippen molar-refractivity contribution in [3.8, 4) is 0 Å². The molecule has 7 heteroatoms. The van der Waals surface area contributed by atoms with E-state index in [1.807, 2.05) is 39.0 Å². The first kappa shape index (κ1) is 16.6. The van der Waals surface area contributed by atoms with E-state index in [1.165, 1.54) is 0 Å². The van der Waals surface area contributed by atoms with Gasteiger partial charge in [-0.2, -0.15) is 0 Å². The summed E-state index contributed by atoms with van der Waals surface area (Å²) in [5.41, 5.74) is 4.04. The Morgan fingerprint density at radius 2 is 1.84 bits per heavy atom. The molecule has 0 bridgehead atoms. The minimum absolute atomic E-state index is 0.251. The van der Waals surface area contributed by atoms with E-state index in [2.05, 4.69) is 25.8 Å². The Hall–Kier alpha value is -3.22. The van der Waals surface area contributed by atoms with Crippen molar-refractivity contribution >= 4 is 23.4 Å². The maximum Gasteiger partial charge on any atom is 0.275 e. The van der Waals surface area contributed by atoms with Crippen LogP contribution >= 0.6 is 0 Å². The topological polar surface area (TPSA) is 92.9 Å². The van der Waals surface area contributed by atoms with Gasteiger partial charge >= 0.3 is 0 Å². The number of hydrogen-bond acceptors (Lipinski definition) is 6. The number of benzene rings is 1. The van der Waals surface area contributed by atoms with E-state index in [0.717, 1.165) is 16.8 Å². The molecule has 0 aliphatic carbocycles. The molecule has 2 N–H and O–H groups in total. The van der Waals surface area contributed by atoms with Crippen LogP contribution in [0.5, 0.6) is 0 Å². The Balaban J connectivity index is 1.84. The third kappa shape index (κ3) is 4.00. The van der Waals surface area contributed by atoms with Crippen LogP contribution in [0.25, 0.3) is 0 Å². The number of amides is 1. The number of rotatable bonds is 4. The maximum absolute atomic E-state index is 12.4. The second kappa shape index (κ2) is 6.72.